The summed E-state index contributed by atoms with van der Waals surface area (Å²) in [4.78, 5) is 0. The molecule has 27 heavy (non-hydrogen) atoms. The molecule has 0 amide bonds. The van der Waals surface area contributed by atoms with Crippen LogP contribution < -0.4 is 10.4 Å². The number of benzene rings is 2. The second kappa shape index (κ2) is 6.56. The molecule has 1 aliphatic heterocycles. The van der Waals surface area contributed by atoms with Crippen molar-refractivity contribution in [2.45, 2.75) is 69.5 Å². The Bertz CT molecular complexity index is 747. The highest BCUT2D eigenvalue weighted by molar-refractivity contribution is 6.99. The van der Waals surface area contributed by atoms with E-state index in [1.165, 1.54) is 10.4 Å². The number of hydrogen-bond donors (Lipinski definition) is 1. The maximum Gasteiger partial charge on any atom is 0.261 e. The van der Waals surface area contributed by atoms with E-state index in [9.17, 15) is 5.11 Å². The number of epoxide rings is 1. The third kappa shape index (κ3) is 3.09. The molecule has 144 valence electrons. The number of hydrogen-bond acceptors (Lipinski definition) is 3. The van der Waals surface area contributed by atoms with Crippen molar-refractivity contribution in [3.8, 4) is 0 Å². The summed E-state index contributed by atoms with van der Waals surface area (Å²) in [5.41, 5.74) is -0.272. The van der Waals surface area contributed by atoms with Gasteiger partial charge in [-0.1, -0.05) is 81.4 Å². The van der Waals surface area contributed by atoms with Crippen LogP contribution in [0.15, 0.2) is 60.7 Å². The van der Waals surface area contributed by atoms with Crippen LogP contribution in [0.3, 0.4) is 0 Å². The second-order valence-electron chi connectivity index (χ2n) is 9.19. The normalized spacial score (nSPS) is 30.6. The van der Waals surface area contributed by atoms with Crippen LogP contribution in [0.5, 0.6) is 0 Å². The number of aliphatic hydroxyl groups excluding tert-OH is 1. The van der Waals surface area contributed by atoms with E-state index in [1.807, 2.05) is 0 Å². The summed E-state index contributed by atoms with van der Waals surface area (Å²) >= 11 is 0. The molecule has 2 fully saturated rings. The van der Waals surface area contributed by atoms with Gasteiger partial charge in [0, 0.05) is 12.8 Å². The van der Waals surface area contributed by atoms with E-state index in [-0.39, 0.29) is 29.0 Å². The Balaban J connectivity index is 1.85. The number of aliphatic hydroxyl groups is 1. The minimum Gasteiger partial charge on any atom is -0.401 e. The molecule has 4 rings (SSSR count). The largest absolute Gasteiger partial charge is 0.401 e. The van der Waals surface area contributed by atoms with Gasteiger partial charge >= 0.3 is 0 Å². The van der Waals surface area contributed by atoms with E-state index in [0.29, 0.717) is 6.42 Å². The molecule has 1 aliphatic carbocycles. The molecule has 2 aromatic rings. The van der Waals surface area contributed by atoms with Crippen molar-refractivity contribution in [1.29, 1.82) is 0 Å². The van der Waals surface area contributed by atoms with Gasteiger partial charge in [-0.05, 0) is 22.3 Å². The van der Waals surface area contributed by atoms with Crippen molar-refractivity contribution < 1.29 is 14.3 Å². The van der Waals surface area contributed by atoms with E-state index in [4.69, 9.17) is 9.16 Å². The minimum atomic E-state index is -2.62. The standard InChI is InChI=1S/C23H30O3Si/c1-22(2,3)27(18-11-7-5-8-12-18,19-13-9-6-10-14-19)26-21-16-17(24)15-20-23(21,4)25-20/h5-14,17,20-21,24H,15-16H2,1-4H3/t17-,20-,21-,23-/m1/s1. The maximum atomic E-state index is 10.4. The first-order valence-electron chi connectivity index (χ1n) is 9.92. The van der Waals surface area contributed by atoms with Crippen molar-refractivity contribution in [2.75, 3.05) is 0 Å². The smallest absolute Gasteiger partial charge is 0.261 e. The first-order valence-corrected chi connectivity index (χ1v) is 11.8. The lowest BCUT2D eigenvalue weighted by Gasteiger charge is -2.46. The van der Waals surface area contributed by atoms with Crippen LogP contribution in [-0.2, 0) is 9.16 Å². The van der Waals surface area contributed by atoms with Gasteiger partial charge in [0.1, 0.15) is 5.60 Å². The molecule has 1 N–H and O–H groups in total. The van der Waals surface area contributed by atoms with Crippen molar-refractivity contribution in [2.24, 2.45) is 0 Å². The minimum absolute atomic E-state index is 0.0706. The lowest BCUT2D eigenvalue weighted by molar-refractivity contribution is 0.0333. The lowest BCUT2D eigenvalue weighted by atomic mass is 9.86. The molecule has 0 unspecified atom stereocenters. The van der Waals surface area contributed by atoms with E-state index >= 15 is 0 Å². The van der Waals surface area contributed by atoms with Gasteiger partial charge < -0.3 is 14.3 Å². The molecule has 1 heterocycles. The summed E-state index contributed by atoms with van der Waals surface area (Å²) in [6.45, 7) is 9.00. The molecule has 0 bridgehead atoms. The first kappa shape index (κ1) is 18.9. The Morgan fingerprint density at radius 1 is 0.963 bits per heavy atom. The molecular formula is C23H30O3Si. The van der Waals surface area contributed by atoms with Gasteiger partial charge in [0.15, 0.2) is 0 Å². The molecule has 0 aromatic heterocycles. The molecule has 4 atom stereocenters. The number of rotatable bonds is 4. The fraction of sp³-hybridized carbons (Fsp3) is 0.478. The van der Waals surface area contributed by atoms with Crippen molar-refractivity contribution >= 4 is 18.7 Å². The average Bonchev–Trinajstić information content (AvgIpc) is 3.31. The summed E-state index contributed by atoms with van der Waals surface area (Å²) in [5.74, 6) is 0. The summed E-state index contributed by atoms with van der Waals surface area (Å²) in [5, 5.41) is 12.9. The van der Waals surface area contributed by atoms with Gasteiger partial charge in [-0.15, -0.1) is 0 Å². The Kier molecular flexibility index (Phi) is 4.58. The molecule has 1 saturated heterocycles. The first-order chi connectivity index (χ1) is 12.8. The maximum absolute atomic E-state index is 10.4. The Morgan fingerprint density at radius 3 is 1.96 bits per heavy atom. The molecule has 0 spiro atoms. The monoisotopic (exact) mass is 382 g/mol. The fourth-order valence-electron chi connectivity index (χ4n) is 4.73. The summed E-state index contributed by atoms with van der Waals surface area (Å²) in [6, 6.07) is 21.3. The molecular weight excluding hydrogens is 352 g/mol. The summed E-state index contributed by atoms with van der Waals surface area (Å²) in [6.07, 6.45) is 1.02. The van der Waals surface area contributed by atoms with Crippen LogP contribution in [0.4, 0.5) is 0 Å². The lowest BCUT2D eigenvalue weighted by Crippen LogP contribution is -2.69. The highest BCUT2D eigenvalue weighted by Crippen LogP contribution is 2.51. The van der Waals surface area contributed by atoms with Gasteiger partial charge in [0.25, 0.3) is 8.32 Å². The van der Waals surface area contributed by atoms with Crippen LogP contribution in [0.1, 0.15) is 40.5 Å². The van der Waals surface area contributed by atoms with Gasteiger partial charge in [0.05, 0.1) is 18.3 Å². The molecule has 3 nitrogen and oxygen atoms in total. The molecule has 4 heteroatoms. The van der Waals surface area contributed by atoms with E-state index in [1.54, 1.807) is 0 Å². The van der Waals surface area contributed by atoms with Gasteiger partial charge in [-0.3, -0.25) is 0 Å². The summed E-state index contributed by atoms with van der Waals surface area (Å²) in [7, 11) is -2.62. The molecule has 2 aliphatic rings. The third-order valence-electron chi connectivity index (χ3n) is 6.33. The van der Waals surface area contributed by atoms with Crippen molar-refractivity contribution in [1.82, 2.24) is 0 Å². The Labute approximate surface area is 163 Å². The van der Waals surface area contributed by atoms with Gasteiger partial charge in [0.2, 0.25) is 0 Å². The number of ether oxygens (including phenoxy) is 1. The van der Waals surface area contributed by atoms with E-state index < -0.39 is 8.32 Å². The molecule has 1 saturated carbocycles. The SMILES string of the molecule is CC(C)(C)[Si](O[C@@H]1C[C@H](O)C[C@H]2O[C@]21C)(c1ccccc1)c1ccccc1. The topological polar surface area (TPSA) is 42.0 Å². The number of fused-ring (bicyclic) bond motifs is 1. The predicted molar refractivity (Wildman–Crippen MR) is 111 cm³/mol. The Hall–Kier alpha value is -1.46. The van der Waals surface area contributed by atoms with E-state index in [0.717, 1.165) is 6.42 Å². The van der Waals surface area contributed by atoms with Crippen molar-refractivity contribution in [3.05, 3.63) is 60.7 Å². The molecule has 0 radical (unpaired) electrons. The highest BCUT2D eigenvalue weighted by atomic mass is 28.4. The van der Waals surface area contributed by atoms with Gasteiger partial charge in [-0.25, -0.2) is 0 Å². The van der Waals surface area contributed by atoms with Crippen molar-refractivity contribution in [3.63, 3.8) is 0 Å². The zero-order chi connectivity index (χ0) is 19.3. The van der Waals surface area contributed by atoms with Crippen LogP contribution >= 0.6 is 0 Å². The van der Waals surface area contributed by atoms with Crippen LogP contribution in [0.2, 0.25) is 5.04 Å². The van der Waals surface area contributed by atoms with Crippen LogP contribution in [-0.4, -0.2) is 37.3 Å². The van der Waals surface area contributed by atoms with Gasteiger partial charge in [-0.2, -0.15) is 0 Å². The fourth-order valence-corrected chi connectivity index (χ4v) is 9.50. The average molecular weight is 383 g/mol. The third-order valence-corrected chi connectivity index (χ3v) is 11.4. The quantitative estimate of drug-likeness (QED) is 0.652. The summed E-state index contributed by atoms with van der Waals surface area (Å²) < 4.78 is 13.2. The van der Waals surface area contributed by atoms with Crippen LogP contribution in [0, 0.1) is 0 Å². The van der Waals surface area contributed by atoms with E-state index in [2.05, 4.69) is 88.4 Å². The highest BCUT2D eigenvalue weighted by Gasteiger charge is 2.64. The second-order valence-corrected chi connectivity index (χ2v) is 13.4. The predicted octanol–water partition coefficient (Wildman–Crippen LogP) is 3.24. The molecule has 2 aromatic carbocycles. The zero-order valence-electron chi connectivity index (χ0n) is 16.7. The Morgan fingerprint density at radius 2 is 1.48 bits per heavy atom. The van der Waals surface area contributed by atoms with Crippen LogP contribution in [0.25, 0.3) is 0 Å². The zero-order valence-corrected chi connectivity index (χ0v) is 17.7.